The molecule has 2 aromatic heterocycles. The molecule has 2 heterocycles. The molecule has 0 spiro atoms. The molecule has 5 nitrogen and oxygen atoms in total. The largest absolute Gasteiger partial charge is 0.447 e. The van der Waals surface area contributed by atoms with E-state index in [9.17, 15) is 8.42 Å². The van der Waals surface area contributed by atoms with E-state index in [-0.39, 0.29) is 10.5 Å². The van der Waals surface area contributed by atoms with E-state index in [4.69, 9.17) is 4.42 Å². The molecule has 0 amide bonds. The van der Waals surface area contributed by atoms with Gasteiger partial charge in [-0.1, -0.05) is 19.9 Å². The predicted octanol–water partition coefficient (Wildman–Crippen LogP) is 2.32. The van der Waals surface area contributed by atoms with Gasteiger partial charge in [-0.3, -0.25) is 0 Å². The number of furan rings is 1. The summed E-state index contributed by atoms with van der Waals surface area (Å²) in [5.41, 5.74) is -0.262. The Kier molecular flexibility index (Phi) is 4.88. The first-order valence-electron chi connectivity index (χ1n) is 6.62. The summed E-state index contributed by atoms with van der Waals surface area (Å²) >= 11 is 1.62. The van der Waals surface area contributed by atoms with Gasteiger partial charge in [-0.05, 0) is 30.6 Å². The van der Waals surface area contributed by atoms with Crippen molar-refractivity contribution in [3.63, 3.8) is 0 Å². The lowest BCUT2D eigenvalue weighted by molar-refractivity contribution is 0.402. The average molecular weight is 328 g/mol. The lowest BCUT2D eigenvalue weighted by Gasteiger charge is -2.23. The monoisotopic (exact) mass is 328 g/mol. The van der Waals surface area contributed by atoms with Crippen molar-refractivity contribution < 1.29 is 12.8 Å². The lowest BCUT2D eigenvalue weighted by atomic mass is 9.92. The molecule has 0 saturated heterocycles. The summed E-state index contributed by atoms with van der Waals surface area (Å²) in [5, 5.41) is 4.86. The summed E-state index contributed by atoms with van der Waals surface area (Å²) < 4.78 is 32.4. The molecule has 0 unspecified atom stereocenters. The second kappa shape index (κ2) is 6.31. The summed E-state index contributed by atoms with van der Waals surface area (Å²) in [7, 11) is -1.85. The molecule has 0 saturated carbocycles. The van der Waals surface area contributed by atoms with Gasteiger partial charge < -0.3 is 9.73 Å². The van der Waals surface area contributed by atoms with Gasteiger partial charge in [0.2, 0.25) is 5.09 Å². The van der Waals surface area contributed by atoms with Crippen LogP contribution in [0.5, 0.6) is 0 Å². The third kappa shape index (κ3) is 3.94. The Hall–Kier alpha value is -1.15. The Morgan fingerprint density at radius 3 is 2.67 bits per heavy atom. The summed E-state index contributed by atoms with van der Waals surface area (Å²) in [6.45, 7) is 4.83. The highest BCUT2D eigenvalue weighted by atomic mass is 32.2. The first-order chi connectivity index (χ1) is 9.85. The van der Waals surface area contributed by atoms with E-state index in [1.807, 2.05) is 31.4 Å². The van der Waals surface area contributed by atoms with Crippen LogP contribution in [-0.2, 0) is 22.0 Å². The van der Waals surface area contributed by atoms with Crippen LogP contribution in [0.15, 0.2) is 39.2 Å². The first kappa shape index (κ1) is 16.2. The number of rotatable bonds is 7. The van der Waals surface area contributed by atoms with Gasteiger partial charge in [0, 0.05) is 16.8 Å². The topological polar surface area (TPSA) is 71.3 Å². The number of hydrogen-bond donors (Lipinski definition) is 2. The third-order valence-electron chi connectivity index (χ3n) is 3.15. The van der Waals surface area contributed by atoms with Gasteiger partial charge in [-0.25, -0.2) is 13.1 Å². The number of sulfonamides is 1. The molecule has 0 atom stereocenters. The van der Waals surface area contributed by atoms with Crippen molar-refractivity contribution in [3.05, 3.63) is 40.3 Å². The van der Waals surface area contributed by atoms with Gasteiger partial charge >= 0.3 is 0 Å². The van der Waals surface area contributed by atoms with Crippen molar-refractivity contribution in [1.29, 1.82) is 0 Å². The van der Waals surface area contributed by atoms with Crippen molar-refractivity contribution in [1.82, 2.24) is 10.0 Å². The molecule has 2 rings (SSSR count). The minimum atomic E-state index is -3.62. The lowest BCUT2D eigenvalue weighted by Crippen LogP contribution is -2.36. The predicted molar refractivity (Wildman–Crippen MR) is 84.0 cm³/mol. The SMILES string of the molecule is CNCc1ccc(S(=O)(=O)NCC(C)(C)c2cccs2)o1. The van der Waals surface area contributed by atoms with Crippen molar-refractivity contribution in [2.24, 2.45) is 0 Å². The first-order valence-corrected chi connectivity index (χ1v) is 8.98. The maximum Gasteiger partial charge on any atom is 0.273 e. The molecule has 2 N–H and O–H groups in total. The smallest absolute Gasteiger partial charge is 0.273 e. The molecule has 0 fully saturated rings. The summed E-state index contributed by atoms with van der Waals surface area (Å²) in [4.78, 5) is 1.14. The number of hydrogen-bond acceptors (Lipinski definition) is 5. The number of nitrogens with one attached hydrogen (secondary N) is 2. The van der Waals surface area contributed by atoms with Gasteiger partial charge in [0.15, 0.2) is 0 Å². The third-order valence-corrected chi connectivity index (χ3v) is 5.65. The van der Waals surface area contributed by atoms with Gasteiger partial charge in [-0.15, -0.1) is 11.3 Å². The molecule has 0 aliphatic heterocycles. The van der Waals surface area contributed by atoms with E-state index in [2.05, 4.69) is 10.0 Å². The molecule has 0 bridgehead atoms. The Labute approximate surface area is 129 Å². The van der Waals surface area contributed by atoms with Crippen LogP contribution in [0.2, 0.25) is 0 Å². The summed E-state index contributed by atoms with van der Waals surface area (Å²) in [6.07, 6.45) is 0. The Morgan fingerprint density at radius 2 is 2.05 bits per heavy atom. The molecular formula is C14H20N2O3S2. The van der Waals surface area contributed by atoms with Crippen LogP contribution >= 0.6 is 11.3 Å². The highest BCUT2D eigenvalue weighted by Crippen LogP contribution is 2.27. The van der Waals surface area contributed by atoms with E-state index >= 15 is 0 Å². The van der Waals surface area contributed by atoms with Gasteiger partial charge in [-0.2, -0.15) is 0 Å². The molecule has 21 heavy (non-hydrogen) atoms. The highest BCUT2D eigenvalue weighted by molar-refractivity contribution is 7.89. The fourth-order valence-electron chi connectivity index (χ4n) is 1.87. The van der Waals surface area contributed by atoms with E-state index in [0.29, 0.717) is 18.8 Å². The quantitative estimate of drug-likeness (QED) is 0.818. The molecule has 7 heteroatoms. The molecule has 0 aliphatic carbocycles. The van der Waals surface area contributed by atoms with E-state index in [1.54, 1.807) is 24.5 Å². The minimum Gasteiger partial charge on any atom is -0.447 e. The molecule has 116 valence electrons. The van der Waals surface area contributed by atoms with Crippen LogP contribution in [0.4, 0.5) is 0 Å². The zero-order valence-corrected chi connectivity index (χ0v) is 14.0. The van der Waals surface area contributed by atoms with Crippen LogP contribution in [0.25, 0.3) is 0 Å². The molecular weight excluding hydrogens is 308 g/mol. The Balaban J connectivity index is 2.07. The highest BCUT2D eigenvalue weighted by Gasteiger charge is 2.26. The van der Waals surface area contributed by atoms with Crippen LogP contribution in [-0.4, -0.2) is 22.0 Å². The zero-order chi connectivity index (χ0) is 15.5. The normalized spacial score (nSPS) is 12.7. The number of thiophene rings is 1. The van der Waals surface area contributed by atoms with Crippen molar-refractivity contribution in [2.75, 3.05) is 13.6 Å². The van der Waals surface area contributed by atoms with E-state index in [0.717, 1.165) is 4.88 Å². The van der Waals surface area contributed by atoms with E-state index < -0.39 is 10.0 Å². The zero-order valence-electron chi connectivity index (χ0n) is 12.3. The van der Waals surface area contributed by atoms with Crippen molar-refractivity contribution in [2.45, 2.75) is 30.9 Å². The fraction of sp³-hybridized carbons (Fsp3) is 0.429. The summed E-state index contributed by atoms with van der Waals surface area (Å²) in [6, 6.07) is 7.12. The Morgan fingerprint density at radius 1 is 1.29 bits per heavy atom. The average Bonchev–Trinajstić information content (AvgIpc) is 3.08. The summed E-state index contributed by atoms with van der Waals surface area (Å²) in [5.74, 6) is 0.593. The van der Waals surface area contributed by atoms with Crippen LogP contribution in [0, 0.1) is 0 Å². The fourth-order valence-corrected chi connectivity index (χ4v) is 3.88. The van der Waals surface area contributed by atoms with Gasteiger partial charge in [0.05, 0.1) is 6.54 Å². The Bertz CT molecular complexity index is 673. The van der Waals surface area contributed by atoms with Crippen molar-refractivity contribution >= 4 is 21.4 Å². The van der Waals surface area contributed by atoms with Crippen LogP contribution in [0.1, 0.15) is 24.5 Å². The van der Waals surface area contributed by atoms with Crippen LogP contribution in [0.3, 0.4) is 0 Å². The minimum absolute atomic E-state index is 0.0465. The maximum absolute atomic E-state index is 12.2. The maximum atomic E-state index is 12.2. The van der Waals surface area contributed by atoms with Gasteiger partial charge in [0.1, 0.15) is 5.76 Å². The molecule has 0 aliphatic rings. The van der Waals surface area contributed by atoms with Gasteiger partial charge in [0.25, 0.3) is 10.0 Å². The van der Waals surface area contributed by atoms with E-state index in [1.165, 1.54) is 6.07 Å². The molecule has 0 radical (unpaired) electrons. The second-order valence-electron chi connectivity index (χ2n) is 5.44. The standard InChI is InChI=1S/C14H20N2O3S2/c1-14(2,12-5-4-8-20-12)10-16-21(17,18)13-7-6-11(19-13)9-15-3/h4-8,15-16H,9-10H2,1-3H3. The van der Waals surface area contributed by atoms with Crippen molar-refractivity contribution in [3.8, 4) is 0 Å². The molecule has 2 aromatic rings. The van der Waals surface area contributed by atoms with Crippen LogP contribution < -0.4 is 10.0 Å². The molecule has 0 aromatic carbocycles. The second-order valence-corrected chi connectivity index (χ2v) is 8.08.